The Morgan fingerprint density at radius 3 is 3.00 bits per heavy atom. The highest BCUT2D eigenvalue weighted by Gasteiger charge is 2.14. The van der Waals surface area contributed by atoms with E-state index in [1.165, 1.54) is 6.33 Å². The predicted octanol–water partition coefficient (Wildman–Crippen LogP) is -0.959. The number of hydrogen-bond acceptors (Lipinski definition) is 5. The number of likely N-dealkylation sites (N-methyl/N-ethyl adjacent to an activating group) is 1. The Morgan fingerprint density at radius 1 is 1.53 bits per heavy atom. The van der Waals surface area contributed by atoms with Crippen LogP contribution in [0.25, 0.3) is 11.0 Å². The van der Waals surface area contributed by atoms with Gasteiger partial charge >= 0.3 is 0 Å². The van der Waals surface area contributed by atoms with Crippen molar-refractivity contribution in [3.05, 3.63) is 22.9 Å². The maximum absolute atomic E-state index is 11.5. The van der Waals surface area contributed by atoms with Crippen molar-refractivity contribution in [2.45, 2.75) is 6.10 Å². The van der Waals surface area contributed by atoms with Crippen LogP contribution < -0.4 is 10.5 Å². The molecule has 0 fully saturated rings. The maximum Gasteiger partial charge on any atom is 0.275 e. The third kappa shape index (κ3) is 2.15. The third-order valence-corrected chi connectivity index (χ3v) is 2.56. The summed E-state index contributed by atoms with van der Waals surface area (Å²) in [5, 5.41) is 18.1. The quantitative estimate of drug-likeness (QED) is 0.549. The summed E-state index contributed by atoms with van der Waals surface area (Å²) in [6.45, 7) is -0.0430. The van der Waals surface area contributed by atoms with Crippen LogP contribution >= 0.6 is 0 Å². The second-order valence-electron chi connectivity index (χ2n) is 3.85. The van der Waals surface area contributed by atoms with Gasteiger partial charge in [0.2, 0.25) is 0 Å². The number of aromatic nitrogens is 3. The van der Waals surface area contributed by atoms with Crippen LogP contribution in [-0.4, -0.2) is 51.5 Å². The van der Waals surface area contributed by atoms with E-state index in [1.54, 1.807) is 18.1 Å². The van der Waals surface area contributed by atoms with Crippen LogP contribution in [0.15, 0.2) is 17.3 Å². The predicted molar refractivity (Wildman–Crippen MR) is 63.1 cm³/mol. The lowest BCUT2D eigenvalue weighted by molar-refractivity contribution is 0.101. The lowest BCUT2D eigenvalue weighted by atomic mass is 10.3. The Bertz CT molecular complexity index is 562. The van der Waals surface area contributed by atoms with E-state index in [4.69, 9.17) is 5.11 Å². The fourth-order valence-corrected chi connectivity index (χ4v) is 1.70. The summed E-state index contributed by atoms with van der Waals surface area (Å²) in [4.78, 5) is 22.6. The van der Waals surface area contributed by atoms with Gasteiger partial charge in [-0.25, -0.2) is 4.98 Å². The normalized spacial score (nSPS) is 12.9. The Balaban J connectivity index is 2.36. The lowest BCUT2D eigenvalue weighted by Gasteiger charge is -2.20. The number of nitrogens with one attached hydrogen (secondary N) is 2. The molecule has 0 saturated carbocycles. The Labute approximate surface area is 96.7 Å². The molecule has 0 saturated heterocycles. The molecule has 0 radical (unpaired) electrons. The number of aliphatic hydroxyl groups excluding tert-OH is 2. The standard InChI is InChI=1S/C10H14N4O3/c1-14(3-6(16)4-15)7-2-11-9-8(7)12-5-13-10(9)17/h2,5-6,11,15-16H,3-4H2,1H3,(H,12,13,17)/t6-/m1/s1. The molecule has 0 aliphatic rings. The van der Waals surface area contributed by atoms with Crippen molar-refractivity contribution in [1.29, 1.82) is 0 Å². The molecule has 0 unspecified atom stereocenters. The van der Waals surface area contributed by atoms with Crippen molar-refractivity contribution < 1.29 is 10.2 Å². The van der Waals surface area contributed by atoms with Crippen molar-refractivity contribution in [3.63, 3.8) is 0 Å². The van der Waals surface area contributed by atoms with Crippen molar-refractivity contribution in [2.75, 3.05) is 25.1 Å². The average molecular weight is 238 g/mol. The van der Waals surface area contributed by atoms with Gasteiger partial charge < -0.3 is 25.1 Å². The van der Waals surface area contributed by atoms with Gasteiger partial charge in [0.05, 0.1) is 24.7 Å². The van der Waals surface area contributed by atoms with Crippen LogP contribution in [0.4, 0.5) is 5.69 Å². The van der Waals surface area contributed by atoms with Crippen molar-refractivity contribution in [1.82, 2.24) is 15.0 Å². The molecule has 2 heterocycles. The van der Waals surface area contributed by atoms with Gasteiger partial charge in [-0.3, -0.25) is 4.79 Å². The van der Waals surface area contributed by atoms with E-state index in [-0.39, 0.29) is 18.7 Å². The van der Waals surface area contributed by atoms with E-state index in [0.29, 0.717) is 16.7 Å². The lowest BCUT2D eigenvalue weighted by Crippen LogP contribution is -2.31. The van der Waals surface area contributed by atoms with E-state index in [9.17, 15) is 9.90 Å². The number of aliphatic hydroxyl groups is 2. The molecule has 0 amide bonds. The fraction of sp³-hybridized carbons (Fsp3) is 0.400. The van der Waals surface area contributed by atoms with Crippen molar-refractivity contribution in [3.8, 4) is 0 Å². The topological polar surface area (TPSA) is 105 Å². The van der Waals surface area contributed by atoms with Crippen LogP contribution in [0.1, 0.15) is 0 Å². The van der Waals surface area contributed by atoms with Gasteiger partial charge in [0.25, 0.3) is 5.56 Å². The Kier molecular flexibility index (Phi) is 3.12. The monoisotopic (exact) mass is 238 g/mol. The molecule has 2 rings (SSSR count). The highest BCUT2D eigenvalue weighted by Crippen LogP contribution is 2.21. The molecule has 0 bridgehead atoms. The summed E-state index contributed by atoms with van der Waals surface area (Å²) in [5.41, 5.74) is 1.41. The molecule has 17 heavy (non-hydrogen) atoms. The highest BCUT2D eigenvalue weighted by molar-refractivity contribution is 5.88. The summed E-state index contributed by atoms with van der Waals surface area (Å²) in [6.07, 6.45) is 2.15. The summed E-state index contributed by atoms with van der Waals surface area (Å²) in [5.74, 6) is 0. The van der Waals surface area contributed by atoms with Gasteiger partial charge in [-0.2, -0.15) is 0 Å². The minimum absolute atomic E-state index is 0.239. The third-order valence-electron chi connectivity index (χ3n) is 2.56. The van der Waals surface area contributed by atoms with E-state index in [1.807, 2.05) is 0 Å². The van der Waals surface area contributed by atoms with Gasteiger partial charge in [0.15, 0.2) is 0 Å². The molecule has 4 N–H and O–H groups in total. The number of anilines is 1. The molecular weight excluding hydrogens is 224 g/mol. The van der Waals surface area contributed by atoms with E-state index < -0.39 is 6.10 Å². The molecular formula is C10H14N4O3. The number of H-pyrrole nitrogens is 2. The Hall–Kier alpha value is -1.86. The zero-order valence-electron chi connectivity index (χ0n) is 9.34. The largest absolute Gasteiger partial charge is 0.394 e. The second-order valence-corrected chi connectivity index (χ2v) is 3.85. The molecule has 92 valence electrons. The highest BCUT2D eigenvalue weighted by atomic mass is 16.3. The molecule has 7 nitrogen and oxygen atoms in total. The second kappa shape index (κ2) is 4.56. The number of aromatic amines is 2. The molecule has 0 aliphatic heterocycles. The fourth-order valence-electron chi connectivity index (χ4n) is 1.70. The summed E-state index contributed by atoms with van der Waals surface area (Å²) < 4.78 is 0. The molecule has 1 atom stereocenters. The van der Waals surface area contributed by atoms with Crippen molar-refractivity contribution >= 4 is 16.7 Å². The number of rotatable bonds is 4. The zero-order valence-corrected chi connectivity index (χ0v) is 9.34. The summed E-state index contributed by atoms with van der Waals surface area (Å²) in [7, 11) is 1.75. The van der Waals surface area contributed by atoms with Crippen LogP contribution in [0, 0.1) is 0 Å². The first-order valence-electron chi connectivity index (χ1n) is 5.18. The average Bonchev–Trinajstić information content (AvgIpc) is 2.74. The number of nitrogens with zero attached hydrogens (tertiary/aromatic N) is 2. The summed E-state index contributed by atoms with van der Waals surface area (Å²) >= 11 is 0. The smallest absolute Gasteiger partial charge is 0.275 e. The van der Waals surface area contributed by atoms with Crippen LogP contribution in [0.2, 0.25) is 0 Å². The minimum Gasteiger partial charge on any atom is -0.394 e. The van der Waals surface area contributed by atoms with E-state index in [0.717, 1.165) is 0 Å². The molecule has 7 heteroatoms. The SMILES string of the molecule is CN(C[C@@H](O)CO)c1c[nH]c2c(=O)[nH]cnc12. The molecule has 0 aromatic carbocycles. The summed E-state index contributed by atoms with van der Waals surface area (Å²) in [6, 6.07) is 0. The van der Waals surface area contributed by atoms with Gasteiger partial charge in [0.1, 0.15) is 11.0 Å². The first-order valence-corrected chi connectivity index (χ1v) is 5.18. The minimum atomic E-state index is -0.827. The van der Waals surface area contributed by atoms with Crippen LogP contribution in [0.5, 0.6) is 0 Å². The molecule has 0 aliphatic carbocycles. The Morgan fingerprint density at radius 2 is 2.29 bits per heavy atom. The van der Waals surface area contributed by atoms with Gasteiger partial charge in [0, 0.05) is 19.8 Å². The zero-order chi connectivity index (χ0) is 12.4. The molecule has 2 aromatic heterocycles. The number of hydrogen-bond donors (Lipinski definition) is 4. The molecule has 0 spiro atoms. The van der Waals surface area contributed by atoms with Crippen LogP contribution in [-0.2, 0) is 0 Å². The number of fused-ring (bicyclic) bond motifs is 1. The van der Waals surface area contributed by atoms with Crippen LogP contribution in [0.3, 0.4) is 0 Å². The van der Waals surface area contributed by atoms with E-state index in [2.05, 4.69) is 15.0 Å². The van der Waals surface area contributed by atoms with E-state index >= 15 is 0 Å². The van der Waals surface area contributed by atoms with Gasteiger partial charge in [-0.1, -0.05) is 0 Å². The van der Waals surface area contributed by atoms with Gasteiger partial charge in [-0.15, -0.1) is 0 Å². The maximum atomic E-state index is 11.5. The first-order chi connectivity index (χ1) is 8.13. The van der Waals surface area contributed by atoms with Gasteiger partial charge in [-0.05, 0) is 0 Å². The van der Waals surface area contributed by atoms with Crippen molar-refractivity contribution in [2.24, 2.45) is 0 Å². The molecule has 2 aromatic rings. The first kappa shape index (κ1) is 11.6.